The molecule has 1 aromatic carbocycles. The van der Waals surface area contributed by atoms with E-state index in [2.05, 4.69) is 22.2 Å². The second-order valence-electron chi connectivity index (χ2n) is 9.01. The maximum atomic E-state index is 13.1. The molecule has 180 valence electrons. The molecule has 1 aliphatic rings. The average molecular weight is 463 g/mol. The highest BCUT2D eigenvalue weighted by atomic mass is 16.5. The van der Waals surface area contributed by atoms with E-state index in [-0.39, 0.29) is 11.8 Å². The number of rotatable bonds is 9. The molecule has 4 rings (SSSR count). The van der Waals surface area contributed by atoms with Crippen LogP contribution in [0.25, 0.3) is 10.9 Å². The molecule has 0 unspecified atom stereocenters. The third-order valence-corrected chi connectivity index (χ3v) is 6.82. The fraction of sp³-hybridized carbons (Fsp3) is 0.444. The van der Waals surface area contributed by atoms with Gasteiger partial charge in [0.25, 0.3) is 11.8 Å². The molecule has 0 saturated carbocycles. The number of fused-ring (bicyclic) bond motifs is 1. The molecule has 2 amide bonds. The van der Waals surface area contributed by atoms with Crippen molar-refractivity contribution < 1.29 is 14.3 Å². The number of aromatic amines is 1. The first-order valence-corrected chi connectivity index (χ1v) is 12.3. The summed E-state index contributed by atoms with van der Waals surface area (Å²) in [5, 5.41) is 3.94. The molecule has 2 aromatic heterocycles. The SMILES string of the molecule is CCc1ccc(OC)cc1C(=O)N1CCC(CCCCNC(=O)c2cc3cnccc3[nH]2)CC1. The lowest BCUT2D eigenvalue weighted by Crippen LogP contribution is -2.38. The lowest BCUT2D eigenvalue weighted by molar-refractivity contribution is 0.0684. The van der Waals surface area contributed by atoms with Crippen molar-refractivity contribution in [1.29, 1.82) is 0 Å². The lowest BCUT2D eigenvalue weighted by atomic mass is 9.91. The molecule has 0 spiro atoms. The highest BCUT2D eigenvalue weighted by Gasteiger charge is 2.25. The fourth-order valence-electron chi connectivity index (χ4n) is 4.73. The van der Waals surface area contributed by atoms with Crippen LogP contribution in [0, 0.1) is 5.92 Å². The van der Waals surface area contributed by atoms with Crippen molar-refractivity contribution in [2.45, 2.75) is 45.4 Å². The first kappa shape index (κ1) is 23.8. The number of hydrogen-bond donors (Lipinski definition) is 2. The van der Waals surface area contributed by atoms with Crippen LogP contribution < -0.4 is 10.1 Å². The maximum Gasteiger partial charge on any atom is 0.267 e. The molecule has 0 radical (unpaired) electrons. The topological polar surface area (TPSA) is 87.3 Å². The number of methoxy groups -OCH3 is 1. The first-order valence-electron chi connectivity index (χ1n) is 12.3. The van der Waals surface area contributed by atoms with Crippen molar-refractivity contribution in [3.63, 3.8) is 0 Å². The van der Waals surface area contributed by atoms with Gasteiger partial charge in [-0.2, -0.15) is 0 Å². The Kier molecular flexibility index (Phi) is 7.83. The van der Waals surface area contributed by atoms with Crippen molar-refractivity contribution in [3.8, 4) is 5.75 Å². The third-order valence-electron chi connectivity index (χ3n) is 6.82. The molecule has 2 N–H and O–H groups in total. The van der Waals surface area contributed by atoms with Crippen molar-refractivity contribution in [2.24, 2.45) is 5.92 Å². The standard InChI is InChI=1S/C27H34N4O3/c1-3-20-7-8-22(34-2)17-23(20)27(33)31-14-10-19(11-15-31)6-4-5-12-29-26(32)25-16-21-18-28-13-9-24(21)30-25/h7-9,13,16-19,30H,3-6,10-12,14-15H2,1-2H3,(H,29,32). The predicted molar refractivity (Wildman–Crippen MR) is 133 cm³/mol. The number of aryl methyl sites for hydroxylation is 1. The van der Waals surface area contributed by atoms with Gasteiger partial charge in [0.2, 0.25) is 0 Å². The molecule has 0 atom stereocenters. The predicted octanol–water partition coefficient (Wildman–Crippen LogP) is 4.59. The molecule has 1 saturated heterocycles. The summed E-state index contributed by atoms with van der Waals surface area (Å²) in [6.07, 6.45) is 9.52. The number of amides is 2. The van der Waals surface area contributed by atoms with Crippen molar-refractivity contribution in [3.05, 3.63) is 59.5 Å². The van der Waals surface area contributed by atoms with Crippen LogP contribution in [-0.4, -0.2) is 53.4 Å². The van der Waals surface area contributed by atoms with Crippen LogP contribution >= 0.6 is 0 Å². The number of ether oxygens (including phenoxy) is 1. The van der Waals surface area contributed by atoms with Gasteiger partial charge in [-0.3, -0.25) is 14.6 Å². The van der Waals surface area contributed by atoms with Crippen LogP contribution in [-0.2, 0) is 6.42 Å². The van der Waals surface area contributed by atoms with E-state index < -0.39 is 0 Å². The van der Waals surface area contributed by atoms with Gasteiger partial charge in [0, 0.05) is 48.5 Å². The maximum absolute atomic E-state index is 13.1. The molecule has 7 nitrogen and oxygen atoms in total. The van der Waals surface area contributed by atoms with Crippen LogP contribution in [0.1, 0.15) is 65.4 Å². The van der Waals surface area contributed by atoms with E-state index in [1.165, 1.54) is 0 Å². The third kappa shape index (κ3) is 5.58. The van der Waals surface area contributed by atoms with E-state index in [0.29, 0.717) is 18.2 Å². The normalized spacial score (nSPS) is 14.4. The smallest absolute Gasteiger partial charge is 0.267 e. The Balaban J connectivity index is 1.17. The Labute approximate surface area is 200 Å². The number of carbonyl (C=O) groups is 2. The molecule has 1 fully saturated rings. The highest BCUT2D eigenvalue weighted by molar-refractivity contribution is 5.98. The van der Waals surface area contributed by atoms with Gasteiger partial charge in [-0.15, -0.1) is 0 Å². The highest BCUT2D eigenvalue weighted by Crippen LogP contribution is 2.26. The van der Waals surface area contributed by atoms with Crippen molar-refractivity contribution in [1.82, 2.24) is 20.2 Å². The number of hydrogen-bond acceptors (Lipinski definition) is 4. The van der Waals surface area contributed by atoms with Gasteiger partial charge < -0.3 is 19.9 Å². The van der Waals surface area contributed by atoms with Crippen molar-refractivity contribution in [2.75, 3.05) is 26.7 Å². The summed E-state index contributed by atoms with van der Waals surface area (Å²) in [5.41, 5.74) is 3.32. The minimum Gasteiger partial charge on any atom is -0.497 e. The second kappa shape index (κ2) is 11.2. The van der Waals surface area contributed by atoms with Gasteiger partial charge in [0.15, 0.2) is 0 Å². The van der Waals surface area contributed by atoms with Gasteiger partial charge in [0.05, 0.1) is 7.11 Å². The molecule has 3 aromatic rings. The van der Waals surface area contributed by atoms with Gasteiger partial charge in [-0.1, -0.05) is 25.8 Å². The Hall–Kier alpha value is -3.35. The minimum absolute atomic E-state index is 0.0768. The Morgan fingerprint density at radius 1 is 1.18 bits per heavy atom. The quantitative estimate of drug-likeness (QED) is 0.456. The monoisotopic (exact) mass is 462 g/mol. The molecule has 3 heterocycles. The number of nitrogens with zero attached hydrogens (tertiary/aromatic N) is 2. The van der Waals surface area contributed by atoms with Crippen LogP contribution in [0.5, 0.6) is 5.75 Å². The zero-order valence-electron chi connectivity index (χ0n) is 20.1. The van der Waals surface area contributed by atoms with E-state index in [4.69, 9.17) is 4.74 Å². The number of benzene rings is 1. The zero-order valence-corrected chi connectivity index (χ0v) is 20.1. The first-order chi connectivity index (χ1) is 16.6. The number of pyridine rings is 1. The van der Waals surface area contributed by atoms with Gasteiger partial charge in [-0.25, -0.2) is 0 Å². The summed E-state index contributed by atoms with van der Waals surface area (Å²) < 4.78 is 5.33. The lowest BCUT2D eigenvalue weighted by Gasteiger charge is -2.32. The van der Waals surface area contributed by atoms with E-state index in [9.17, 15) is 9.59 Å². The summed E-state index contributed by atoms with van der Waals surface area (Å²) >= 11 is 0. The van der Waals surface area contributed by atoms with E-state index >= 15 is 0 Å². The number of H-pyrrole nitrogens is 1. The van der Waals surface area contributed by atoms with Crippen LogP contribution in [0.4, 0.5) is 0 Å². The summed E-state index contributed by atoms with van der Waals surface area (Å²) in [6.45, 7) is 4.34. The molecule has 1 aliphatic heterocycles. The van der Waals surface area contributed by atoms with Crippen LogP contribution in [0.2, 0.25) is 0 Å². The van der Waals surface area contributed by atoms with Gasteiger partial charge in [0.1, 0.15) is 11.4 Å². The van der Waals surface area contributed by atoms with E-state index in [0.717, 1.165) is 79.4 Å². The van der Waals surface area contributed by atoms with E-state index in [1.807, 2.05) is 35.2 Å². The molecule has 34 heavy (non-hydrogen) atoms. The molecular formula is C27H34N4O3. The molecule has 0 aliphatic carbocycles. The summed E-state index contributed by atoms with van der Waals surface area (Å²) in [4.78, 5) is 34.7. The summed E-state index contributed by atoms with van der Waals surface area (Å²) in [5.74, 6) is 1.40. The van der Waals surface area contributed by atoms with Crippen molar-refractivity contribution >= 4 is 22.7 Å². The molecular weight excluding hydrogens is 428 g/mol. The van der Waals surface area contributed by atoms with E-state index in [1.54, 1.807) is 19.5 Å². The number of unbranched alkanes of at least 4 members (excludes halogenated alkanes) is 1. The van der Waals surface area contributed by atoms with Crippen LogP contribution in [0.15, 0.2) is 42.7 Å². The molecule has 0 bridgehead atoms. The average Bonchev–Trinajstić information content (AvgIpc) is 3.32. The largest absolute Gasteiger partial charge is 0.497 e. The summed E-state index contributed by atoms with van der Waals surface area (Å²) in [7, 11) is 1.63. The summed E-state index contributed by atoms with van der Waals surface area (Å²) in [6, 6.07) is 9.48. The van der Waals surface area contributed by atoms with Gasteiger partial charge in [-0.05, 0) is 61.4 Å². The minimum atomic E-state index is -0.0768. The Morgan fingerprint density at radius 3 is 2.74 bits per heavy atom. The number of carbonyl (C=O) groups excluding carboxylic acids is 2. The Morgan fingerprint density at radius 2 is 2.00 bits per heavy atom. The number of aromatic nitrogens is 2. The second-order valence-corrected chi connectivity index (χ2v) is 9.01. The molecule has 7 heteroatoms. The number of nitrogens with one attached hydrogen (secondary N) is 2. The van der Waals surface area contributed by atoms with Crippen LogP contribution in [0.3, 0.4) is 0 Å². The number of piperidine rings is 1. The number of likely N-dealkylation sites (tertiary alicyclic amines) is 1. The fourth-order valence-corrected chi connectivity index (χ4v) is 4.73. The zero-order chi connectivity index (χ0) is 23.9. The van der Waals surface area contributed by atoms with Gasteiger partial charge >= 0.3 is 0 Å². The Bertz CT molecular complexity index is 1100.